The highest BCUT2D eigenvalue weighted by atomic mass is 32.2. The second-order valence-corrected chi connectivity index (χ2v) is 6.40. The van der Waals surface area contributed by atoms with Crippen molar-refractivity contribution in [1.82, 2.24) is 0 Å². The number of aromatic carboxylic acids is 1. The lowest BCUT2D eigenvalue weighted by atomic mass is 10.1. The van der Waals surface area contributed by atoms with E-state index in [2.05, 4.69) is 5.32 Å². The first-order valence-corrected chi connectivity index (χ1v) is 8.05. The van der Waals surface area contributed by atoms with Gasteiger partial charge in [0, 0.05) is 11.7 Å². The molecule has 0 amide bonds. The molecular weight excluding hydrogens is 304 g/mol. The van der Waals surface area contributed by atoms with E-state index in [0.29, 0.717) is 5.69 Å². The van der Waals surface area contributed by atoms with Crippen LogP contribution in [0, 0.1) is 0 Å². The molecule has 0 radical (unpaired) electrons. The van der Waals surface area contributed by atoms with Crippen molar-refractivity contribution < 1.29 is 18.3 Å². The molecule has 6 nitrogen and oxygen atoms in total. The number of carboxylic acids is 1. The van der Waals surface area contributed by atoms with Crippen molar-refractivity contribution >= 4 is 21.7 Å². The van der Waals surface area contributed by atoms with Crippen LogP contribution in [0.5, 0.6) is 0 Å². The third-order valence-corrected chi connectivity index (χ3v) is 4.13. The molecule has 0 aliphatic carbocycles. The van der Waals surface area contributed by atoms with Gasteiger partial charge in [-0.3, -0.25) is 0 Å². The fourth-order valence-corrected chi connectivity index (χ4v) is 2.60. The molecule has 0 aliphatic heterocycles. The summed E-state index contributed by atoms with van der Waals surface area (Å²) in [5, 5.41) is 17.4. The van der Waals surface area contributed by atoms with E-state index >= 15 is 0 Å². The van der Waals surface area contributed by atoms with Crippen molar-refractivity contribution in [1.29, 1.82) is 0 Å². The topological polar surface area (TPSA) is 109 Å². The van der Waals surface area contributed by atoms with E-state index in [1.807, 2.05) is 37.3 Å². The number of sulfonamides is 1. The minimum atomic E-state index is -3.95. The number of hydrogen-bond donors (Lipinski definition) is 3. The molecule has 0 saturated heterocycles. The first-order valence-electron chi connectivity index (χ1n) is 6.50. The highest BCUT2D eigenvalue weighted by Crippen LogP contribution is 2.24. The molecule has 1 atom stereocenters. The van der Waals surface area contributed by atoms with E-state index in [9.17, 15) is 18.3 Å². The van der Waals surface area contributed by atoms with Gasteiger partial charge < -0.3 is 10.4 Å². The van der Waals surface area contributed by atoms with Gasteiger partial charge in [0.1, 0.15) is 0 Å². The minimum Gasteiger partial charge on any atom is -0.478 e. The Balaban J connectivity index is 2.37. The average molecular weight is 320 g/mol. The third kappa shape index (κ3) is 3.63. The summed E-state index contributed by atoms with van der Waals surface area (Å²) in [5.41, 5.74) is 1.17. The van der Waals surface area contributed by atoms with Gasteiger partial charge in [0.2, 0.25) is 10.0 Å². The summed E-state index contributed by atoms with van der Waals surface area (Å²) in [5.74, 6) is -1.23. The van der Waals surface area contributed by atoms with E-state index in [-0.39, 0.29) is 16.5 Å². The maximum Gasteiger partial charge on any atom is 0.337 e. The van der Waals surface area contributed by atoms with Gasteiger partial charge in [-0.1, -0.05) is 30.3 Å². The summed E-state index contributed by atoms with van der Waals surface area (Å²) >= 11 is 0. The predicted molar refractivity (Wildman–Crippen MR) is 83.3 cm³/mol. The zero-order valence-electron chi connectivity index (χ0n) is 11.9. The lowest BCUT2D eigenvalue weighted by Crippen LogP contribution is -2.15. The quantitative estimate of drug-likeness (QED) is 0.782. The SMILES string of the molecule is C[C@@H](Nc1ccc(S(N)(=O)=O)cc1C(=O)O)c1ccccc1. The number of carboxylic acid groups (broad SMARTS) is 1. The van der Waals surface area contributed by atoms with Crippen LogP contribution in [-0.4, -0.2) is 19.5 Å². The zero-order chi connectivity index (χ0) is 16.3. The van der Waals surface area contributed by atoms with Crippen molar-refractivity contribution in [2.75, 3.05) is 5.32 Å². The van der Waals surface area contributed by atoms with E-state index in [1.165, 1.54) is 12.1 Å². The van der Waals surface area contributed by atoms with E-state index in [4.69, 9.17) is 5.14 Å². The molecule has 0 saturated carbocycles. The van der Waals surface area contributed by atoms with Gasteiger partial charge in [0.15, 0.2) is 0 Å². The minimum absolute atomic E-state index is 0.139. The Bertz CT molecular complexity index is 788. The molecule has 0 heterocycles. The number of nitrogens with one attached hydrogen (secondary N) is 1. The number of hydrogen-bond acceptors (Lipinski definition) is 4. The van der Waals surface area contributed by atoms with E-state index in [0.717, 1.165) is 11.6 Å². The summed E-state index contributed by atoms with van der Waals surface area (Å²) in [6.45, 7) is 1.88. The number of carbonyl (C=O) groups is 1. The van der Waals surface area contributed by atoms with Crippen LogP contribution < -0.4 is 10.5 Å². The molecule has 0 bridgehead atoms. The zero-order valence-corrected chi connectivity index (χ0v) is 12.7. The lowest BCUT2D eigenvalue weighted by molar-refractivity contribution is 0.0697. The Kier molecular flexibility index (Phi) is 4.48. The van der Waals surface area contributed by atoms with Crippen LogP contribution in [0.2, 0.25) is 0 Å². The van der Waals surface area contributed by atoms with Gasteiger partial charge in [-0.25, -0.2) is 18.4 Å². The molecule has 0 unspecified atom stereocenters. The third-order valence-electron chi connectivity index (χ3n) is 3.22. The first kappa shape index (κ1) is 16.0. The van der Waals surface area contributed by atoms with Crippen molar-refractivity contribution in [3.05, 3.63) is 59.7 Å². The summed E-state index contributed by atoms with van der Waals surface area (Å²) in [6, 6.07) is 13.1. The summed E-state index contributed by atoms with van der Waals surface area (Å²) < 4.78 is 22.7. The maximum atomic E-state index is 11.3. The Morgan fingerprint density at radius 3 is 2.36 bits per heavy atom. The highest BCUT2D eigenvalue weighted by Gasteiger charge is 2.17. The van der Waals surface area contributed by atoms with Crippen LogP contribution >= 0.6 is 0 Å². The van der Waals surface area contributed by atoms with Crippen molar-refractivity contribution in [3.8, 4) is 0 Å². The Morgan fingerprint density at radius 1 is 1.18 bits per heavy atom. The first-order chi connectivity index (χ1) is 10.3. The highest BCUT2D eigenvalue weighted by molar-refractivity contribution is 7.89. The molecule has 22 heavy (non-hydrogen) atoms. The van der Waals surface area contributed by atoms with Crippen molar-refractivity contribution in [3.63, 3.8) is 0 Å². The van der Waals surface area contributed by atoms with Gasteiger partial charge >= 0.3 is 5.97 Å². The van der Waals surface area contributed by atoms with Crippen molar-refractivity contribution in [2.24, 2.45) is 5.14 Å². The van der Waals surface area contributed by atoms with Gasteiger partial charge in [0.05, 0.1) is 10.5 Å². The normalized spacial score (nSPS) is 12.6. The number of nitrogens with two attached hydrogens (primary N) is 1. The second kappa shape index (κ2) is 6.17. The summed E-state index contributed by atoms with van der Waals surface area (Å²) in [7, 11) is -3.95. The monoisotopic (exact) mass is 320 g/mol. The molecule has 2 rings (SSSR count). The van der Waals surface area contributed by atoms with Crippen LogP contribution in [0.25, 0.3) is 0 Å². The standard InChI is InChI=1S/C15H16N2O4S/c1-10(11-5-3-2-4-6-11)17-14-8-7-12(22(16,20)21)9-13(14)15(18)19/h2-10,17H,1H3,(H,18,19)(H2,16,20,21)/t10-/m1/s1. The Hall–Kier alpha value is -2.38. The van der Waals surface area contributed by atoms with Gasteiger partial charge in [-0.2, -0.15) is 0 Å². The molecule has 0 spiro atoms. The van der Waals surface area contributed by atoms with Crippen LogP contribution in [0.1, 0.15) is 28.9 Å². The van der Waals surface area contributed by atoms with Crippen LogP contribution in [-0.2, 0) is 10.0 Å². The van der Waals surface area contributed by atoms with E-state index < -0.39 is 16.0 Å². The van der Waals surface area contributed by atoms with Gasteiger partial charge in [-0.05, 0) is 30.7 Å². The largest absolute Gasteiger partial charge is 0.478 e. The van der Waals surface area contributed by atoms with Crippen LogP contribution in [0.4, 0.5) is 5.69 Å². The van der Waals surface area contributed by atoms with Gasteiger partial charge in [-0.15, -0.1) is 0 Å². The lowest BCUT2D eigenvalue weighted by Gasteiger charge is -2.17. The number of rotatable bonds is 5. The molecular formula is C15H16N2O4S. The smallest absolute Gasteiger partial charge is 0.337 e. The molecule has 4 N–H and O–H groups in total. The van der Waals surface area contributed by atoms with Crippen LogP contribution in [0.3, 0.4) is 0 Å². The molecule has 0 fully saturated rings. The average Bonchev–Trinajstić information content (AvgIpc) is 2.47. The molecule has 2 aromatic carbocycles. The fourth-order valence-electron chi connectivity index (χ4n) is 2.06. The number of benzene rings is 2. The molecule has 0 aromatic heterocycles. The summed E-state index contributed by atoms with van der Waals surface area (Å²) in [4.78, 5) is 11.1. The Morgan fingerprint density at radius 2 is 1.82 bits per heavy atom. The molecule has 0 aliphatic rings. The van der Waals surface area contributed by atoms with Crippen molar-refractivity contribution in [2.45, 2.75) is 17.9 Å². The predicted octanol–water partition coefficient (Wildman–Crippen LogP) is 2.21. The molecule has 2 aromatic rings. The maximum absolute atomic E-state index is 11.3. The molecule has 116 valence electrons. The Labute approximate surface area is 128 Å². The van der Waals surface area contributed by atoms with E-state index in [1.54, 1.807) is 0 Å². The van der Waals surface area contributed by atoms with Gasteiger partial charge in [0.25, 0.3) is 0 Å². The number of primary sulfonamides is 1. The number of anilines is 1. The second-order valence-electron chi connectivity index (χ2n) is 4.83. The fraction of sp³-hybridized carbons (Fsp3) is 0.133. The van der Waals surface area contributed by atoms with Crippen LogP contribution in [0.15, 0.2) is 53.4 Å². The summed E-state index contributed by atoms with van der Waals surface area (Å²) in [6.07, 6.45) is 0. The molecule has 7 heteroatoms.